The molecule has 5 unspecified atom stereocenters. The molecule has 0 spiro atoms. The summed E-state index contributed by atoms with van der Waals surface area (Å²) < 4.78 is 0. The minimum absolute atomic E-state index is 1.05. The maximum Gasteiger partial charge on any atom is -0.0324 e. The minimum atomic E-state index is 1.05. The SMILES string of the molecule is CCC1CC(C)C2C(C)C12. The van der Waals surface area contributed by atoms with Gasteiger partial charge in [-0.1, -0.05) is 27.2 Å². The van der Waals surface area contributed by atoms with E-state index in [1.807, 2.05) is 0 Å². The topological polar surface area (TPSA) is 0 Å². The lowest BCUT2D eigenvalue weighted by atomic mass is 9.94. The smallest absolute Gasteiger partial charge is 0.0324 e. The summed E-state index contributed by atoms with van der Waals surface area (Å²) in [7, 11) is 0. The van der Waals surface area contributed by atoms with Crippen LogP contribution in [0.5, 0.6) is 0 Å². The van der Waals surface area contributed by atoms with Crippen LogP contribution in [-0.2, 0) is 0 Å². The zero-order chi connectivity index (χ0) is 7.30. The van der Waals surface area contributed by atoms with Crippen molar-refractivity contribution in [1.29, 1.82) is 0 Å². The van der Waals surface area contributed by atoms with Crippen molar-refractivity contribution in [3.63, 3.8) is 0 Å². The molecule has 0 bridgehead atoms. The molecule has 10 heavy (non-hydrogen) atoms. The molecule has 0 heterocycles. The Labute approximate surface area is 64.0 Å². The van der Waals surface area contributed by atoms with Crippen LogP contribution in [0, 0.1) is 29.6 Å². The Balaban J connectivity index is 2.04. The maximum absolute atomic E-state index is 2.44. The van der Waals surface area contributed by atoms with Gasteiger partial charge in [0.2, 0.25) is 0 Å². The Bertz CT molecular complexity index is 139. The molecule has 0 N–H and O–H groups in total. The molecule has 0 radical (unpaired) electrons. The minimum Gasteiger partial charge on any atom is -0.0651 e. The van der Waals surface area contributed by atoms with Gasteiger partial charge in [0.15, 0.2) is 0 Å². The molecule has 58 valence electrons. The van der Waals surface area contributed by atoms with Crippen LogP contribution in [-0.4, -0.2) is 0 Å². The van der Waals surface area contributed by atoms with Crippen LogP contribution in [0.2, 0.25) is 0 Å². The first-order chi connectivity index (χ1) is 4.75. The van der Waals surface area contributed by atoms with Gasteiger partial charge in [-0.15, -0.1) is 0 Å². The van der Waals surface area contributed by atoms with Gasteiger partial charge in [0.25, 0.3) is 0 Å². The zero-order valence-corrected chi connectivity index (χ0v) is 7.30. The standard InChI is InChI=1S/C10H18/c1-4-8-5-6(2)9-7(3)10(8)9/h6-10H,4-5H2,1-3H3. The lowest BCUT2D eigenvalue weighted by Gasteiger charge is -2.12. The third-order valence-electron chi connectivity index (χ3n) is 3.92. The van der Waals surface area contributed by atoms with E-state index in [9.17, 15) is 0 Å². The van der Waals surface area contributed by atoms with Gasteiger partial charge in [-0.2, -0.15) is 0 Å². The highest BCUT2D eigenvalue weighted by Gasteiger charge is 2.57. The van der Waals surface area contributed by atoms with E-state index >= 15 is 0 Å². The number of rotatable bonds is 1. The first-order valence-corrected chi connectivity index (χ1v) is 4.75. The molecule has 2 rings (SSSR count). The number of fused-ring (bicyclic) bond motifs is 1. The van der Waals surface area contributed by atoms with E-state index in [-0.39, 0.29) is 0 Å². The Morgan fingerprint density at radius 1 is 1.20 bits per heavy atom. The van der Waals surface area contributed by atoms with E-state index in [0.29, 0.717) is 0 Å². The molecule has 2 saturated carbocycles. The van der Waals surface area contributed by atoms with Crippen molar-refractivity contribution in [2.24, 2.45) is 29.6 Å². The van der Waals surface area contributed by atoms with Crippen LogP contribution in [0.25, 0.3) is 0 Å². The largest absolute Gasteiger partial charge is 0.0651 e. The average Bonchev–Trinajstić information content (AvgIpc) is 2.40. The van der Waals surface area contributed by atoms with Crippen molar-refractivity contribution in [2.45, 2.75) is 33.6 Å². The second kappa shape index (κ2) is 1.99. The van der Waals surface area contributed by atoms with Crippen LogP contribution in [0.3, 0.4) is 0 Å². The number of hydrogen-bond donors (Lipinski definition) is 0. The summed E-state index contributed by atoms with van der Waals surface area (Å²) in [5, 5.41) is 0. The quantitative estimate of drug-likeness (QED) is 0.522. The Morgan fingerprint density at radius 3 is 2.20 bits per heavy atom. The van der Waals surface area contributed by atoms with E-state index < -0.39 is 0 Å². The van der Waals surface area contributed by atoms with Crippen LogP contribution < -0.4 is 0 Å². The van der Waals surface area contributed by atoms with Crippen molar-refractivity contribution < 1.29 is 0 Å². The first-order valence-electron chi connectivity index (χ1n) is 4.75. The second-order valence-electron chi connectivity index (χ2n) is 4.40. The zero-order valence-electron chi connectivity index (χ0n) is 7.30. The summed E-state index contributed by atoms with van der Waals surface area (Å²) in [5.74, 6) is 5.48. The maximum atomic E-state index is 2.44. The van der Waals surface area contributed by atoms with Crippen LogP contribution in [0.1, 0.15) is 33.6 Å². The molecule has 0 nitrogen and oxygen atoms in total. The van der Waals surface area contributed by atoms with E-state index in [4.69, 9.17) is 0 Å². The van der Waals surface area contributed by atoms with Crippen molar-refractivity contribution in [3.8, 4) is 0 Å². The molecule has 2 fully saturated rings. The van der Waals surface area contributed by atoms with Gasteiger partial charge in [0, 0.05) is 0 Å². The fourth-order valence-electron chi connectivity index (χ4n) is 3.40. The molecule has 0 saturated heterocycles. The Hall–Kier alpha value is 0. The third-order valence-corrected chi connectivity index (χ3v) is 3.92. The summed E-state index contributed by atoms with van der Waals surface area (Å²) in [4.78, 5) is 0. The van der Waals surface area contributed by atoms with E-state index in [2.05, 4.69) is 20.8 Å². The fourth-order valence-corrected chi connectivity index (χ4v) is 3.40. The van der Waals surface area contributed by atoms with Crippen molar-refractivity contribution >= 4 is 0 Å². The van der Waals surface area contributed by atoms with Gasteiger partial charge in [-0.3, -0.25) is 0 Å². The first kappa shape index (κ1) is 6.69. The molecule has 0 aromatic rings. The lowest BCUT2D eigenvalue weighted by molar-refractivity contribution is 0.383. The molecular weight excluding hydrogens is 120 g/mol. The summed E-state index contributed by atoms with van der Waals surface area (Å²) in [6, 6.07) is 0. The number of hydrogen-bond acceptors (Lipinski definition) is 0. The van der Waals surface area contributed by atoms with Gasteiger partial charge >= 0.3 is 0 Å². The average molecular weight is 138 g/mol. The molecule has 2 aliphatic carbocycles. The Kier molecular flexibility index (Phi) is 1.33. The normalized spacial score (nSPS) is 58.5. The van der Waals surface area contributed by atoms with E-state index in [1.165, 1.54) is 12.8 Å². The molecule has 2 aliphatic rings. The highest BCUT2D eigenvalue weighted by Crippen LogP contribution is 2.63. The van der Waals surface area contributed by atoms with E-state index in [0.717, 1.165) is 29.6 Å². The van der Waals surface area contributed by atoms with Gasteiger partial charge in [-0.05, 0) is 36.0 Å². The highest BCUT2D eigenvalue weighted by atomic mass is 14.6. The van der Waals surface area contributed by atoms with Gasteiger partial charge in [0.05, 0.1) is 0 Å². The molecule has 0 heteroatoms. The summed E-state index contributed by atoms with van der Waals surface area (Å²) in [6.45, 7) is 7.23. The molecule has 5 atom stereocenters. The second-order valence-corrected chi connectivity index (χ2v) is 4.40. The molecule has 0 aromatic carbocycles. The lowest BCUT2D eigenvalue weighted by Crippen LogP contribution is -2.02. The fraction of sp³-hybridized carbons (Fsp3) is 1.00. The van der Waals surface area contributed by atoms with Crippen LogP contribution in [0.15, 0.2) is 0 Å². The van der Waals surface area contributed by atoms with Crippen LogP contribution >= 0.6 is 0 Å². The van der Waals surface area contributed by atoms with Crippen molar-refractivity contribution in [1.82, 2.24) is 0 Å². The predicted octanol–water partition coefficient (Wildman–Crippen LogP) is 2.93. The Morgan fingerprint density at radius 2 is 1.90 bits per heavy atom. The van der Waals surface area contributed by atoms with E-state index in [1.54, 1.807) is 0 Å². The third kappa shape index (κ3) is 0.681. The predicted molar refractivity (Wildman–Crippen MR) is 43.7 cm³/mol. The van der Waals surface area contributed by atoms with Gasteiger partial charge in [0.1, 0.15) is 0 Å². The van der Waals surface area contributed by atoms with Gasteiger partial charge < -0.3 is 0 Å². The van der Waals surface area contributed by atoms with Crippen molar-refractivity contribution in [3.05, 3.63) is 0 Å². The highest BCUT2D eigenvalue weighted by molar-refractivity contribution is 5.05. The molecular formula is C10H18. The van der Waals surface area contributed by atoms with Crippen LogP contribution in [0.4, 0.5) is 0 Å². The molecule has 0 aromatic heterocycles. The monoisotopic (exact) mass is 138 g/mol. The molecule has 0 aliphatic heterocycles. The summed E-state index contributed by atoms with van der Waals surface area (Å²) in [6.07, 6.45) is 2.95. The van der Waals surface area contributed by atoms with Crippen molar-refractivity contribution in [2.75, 3.05) is 0 Å². The summed E-state index contributed by atoms with van der Waals surface area (Å²) in [5.41, 5.74) is 0. The summed E-state index contributed by atoms with van der Waals surface area (Å²) >= 11 is 0. The van der Waals surface area contributed by atoms with Gasteiger partial charge in [-0.25, -0.2) is 0 Å². The molecule has 0 amide bonds.